The predicted molar refractivity (Wildman–Crippen MR) is 188 cm³/mol. The molecule has 16 nitrogen and oxygen atoms in total. The molecule has 2 aliphatic rings. The van der Waals surface area contributed by atoms with E-state index in [0.717, 1.165) is 29.0 Å². The number of aromatic nitrogens is 4. The van der Waals surface area contributed by atoms with Crippen LogP contribution in [0.25, 0.3) is 17.1 Å². The second-order valence-electron chi connectivity index (χ2n) is 12.8. The van der Waals surface area contributed by atoms with Crippen molar-refractivity contribution in [1.82, 2.24) is 34.9 Å². The number of benzene rings is 2. The second kappa shape index (κ2) is 14.4. The molecule has 7 rings (SSSR count). The highest BCUT2D eigenvalue weighted by Crippen LogP contribution is 2.29. The number of aryl methyl sites for hydroxylation is 1. The van der Waals surface area contributed by atoms with Crippen LogP contribution in [0.4, 0.5) is 5.69 Å². The molecule has 2 aliphatic heterocycles. The molecule has 3 aromatic heterocycles. The third kappa shape index (κ3) is 7.20. The van der Waals surface area contributed by atoms with Crippen molar-refractivity contribution in [3.63, 3.8) is 0 Å². The zero-order chi connectivity index (χ0) is 37.2. The average molecular weight is 716 g/mol. The number of nitrogens with two attached hydrogens (primary N) is 1. The molecule has 5 heterocycles. The van der Waals surface area contributed by atoms with Crippen LogP contribution < -0.4 is 16.4 Å². The number of pyridine rings is 1. The molecule has 1 saturated heterocycles. The Morgan fingerprint density at radius 3 is 2.47 bits per heavy atom. The lowest BCUT2D eigenvalue weighted by atomic mass is 10.0. The number of hydrogen-bond donors (Lipinski definition) is 3. The Hall–Kier alpha value is -6.81. The van der Waals surface area contributed by atoms with Gasteiger partial charge in [-0.15, -0.1) is 0 Å². The highest BCUT2D eigenvalue weighted by atomic mass is 16.3. The zero-order valence-corrected chi connectivity index (χ0v) is 28.4. The summed E-state index contributed by atoms with van der Waals surface area (Å²) in [5, 5.41) is 9.15. The summed E-state index contributed by atoms with van der Waals surface area (Å²) in [6.07, 6.45) is 7.50. The molecule has 6 amide bonds. The number of imide groups is 2. The van der Waals surface area contributed by atoms with Crippen molar-refractivity contribution in [1.29, 1.82) is 0 Å². The minimum Gasteiger partial charge on any atom is -0.444 e. The highest BCUT2D eigenvalue weighted by Gasteiger charge is 2.44. The van der Waals surface area contributed by atoms with Crippen LogP contribution in [-0.2, 0) is 22.6 Å². The SMILES string of the molecule is CN(CCCc1ccc2c(c1)C(=O)N(C1CCC(=O)NC1=O)C2=O)Cc1ccc(-n2cc(NC(=O)c3coc(-c4ccncc4)n3)c(C(N)=O)n2)cc1. The number of carbonyl (C=O) groups is 6. The molecule has 2 aromatic carbocycles. The molecule has 0 aliphatic carbocycles. The van der Waals surface area contributed by atoms with E-state index in [1.54, 1.807) is 36.7 Å². The third-order valence-corrected chi connectivity index (χ3v) is 9.02. The summed E-state index contributed by atoms with van der Waals surface area (Å²) in [7, 11) is 1.99. The van der Waals surface area contributed by atoms with Crippen LogP contribution >= 0.6 is 0 Å². The van der Waals surface area contributed by atoms with Crippen molar-refractivity contribution in [2.75, 3.05) is 18.9 Å². The second-order valence-corrected chi connectivity index (χ2v) is 12.8. The lowest BCUT2D eigenvalue weighted by Crippen LogP contribution is -2.54. The van der Waals surface area contributed by atoms with Crippen LogP contribution in [0.1, 0.15) is 72.1 Å². The van der Waals surface area contributed by atoms with Crippen molar-refractivity contribution < 1.29 is 33.2 Å². The number of nitrogens with one attached hydrogen (secondary N) is 2. The number of piperidine rings is 1. The molecule has 0 saturated carbocycles. The van der Waals surface area contributed by atoms with Crippen LogP contribution in [0, 0.1) is 0 Å². The molecule has 268 valence electrons. The molecule has 16 heteroatoms. The average Bonchev–Trinajstić information content (AvgIpc) is 3.87. The minimum atomic E-state index is -0.998. The van der Waals surface area contributed by atoms with Crippen LogP contribution in [0.2, 0.25) is 0 Å². The van der Waals surface area contributed by atoms with E-state index in [1.165, 1.54) is 17.1 Å². The summed E-state index contributed by atoms with van der Waals surface area (Å²) in [5.74, 6) is -3.28. The van der Waals surface area contributed by atoms with Gasteiger partial charge in [0.2, 0.25) is 17.7 Å². The summed E-state index contributed by atoms with van der Waals surface area (Å²) in [6.45, 7) is 1.39. The van der Waals surface area contributed by atoms with Crippen molar-refractivity contribution >= 4 is 41.1 Å². The fourth-order valence-electron chi connectivity index (χ4n) is 6.34. The summed E-state index contributed by atoms with van der Waals surface area (Å²) < 4.78 is 6.88. The van der Waals surface area contributed by atoms with Crippen molar-refractivity contribution in [2.24, 2.45) is 5.73 Å². The minimum absolute atomic E-state index is 0.00527. The molecule has 4 N–H and O–H groups in total. The summed E-state index contributed by atoms with van der Waals surface area (Å²) in [5.41, 5.74) is 9.31. The quantitative estimate of drug-likeness (QED) is 0.160. The Morgan fingerprint density at radius 2 is 1.74 bits per heavy atom. The van der Waals surface area contributed by atoms with Gasteiger partial charge < -0.3 is 20.4 Å². The van der Waals surface area contributed by atoms with Crippen LogP contribution in [0.3, 0.4) is 0 Å². The lowest BCUT2D eigenvalue weighted by Gasteiger charge is -2.27. The standard InChI is InChI=1S/C37H33N9O7/c1-44(16-2-3-21-6-9-25-26(17-21)37(52)46(36(25)51)29-10-11-30(47)42-34(29)50)18-22-4-7-24(8-5-22)45-19-27(31(43-45)32(38)48)40-33(49)28-20-53-35(41-28)23-12-14-39-15-13-23/h4-9,12-15,17,19-20,29H,2-3,10-11,16,18H2,1H3,(H2,38,48)(H,40,49)(H,42,47,50). The Labute approximate surface area is 302 Å². The van der Waals surface area contributed by atoms with E-state index in [-0.39, 0.29) is 46.9 Å². The van der Waals surface area contributed by atoms with Crippen molar-refractivity contribution in [2.45, 2.75) is 38.3 Å². The molecule has 1 unspecified atom stereocenters. The third-order valence-electron chi connectivity index (χ3n) is 9.02. The molecule has 1 fully saturated rings. The Bertz CT molecular complexity index is 2260. The monoisotopic (exact) mass is 715 g/mol. The van der Waals surface area contributed by atoms with E-state index < -0.39 is 41.5 Å². The van der Waals surface area contributed by atoms with Gasteiger partial charge in [-0.25, -0.2) is 9.67 Å². The van der Waals surface area contributed by atoms with E-state index >= 15 is 0 Å². The summed E-state index contributed by atoms with van der Waals surface area (Å²) in [4.78, 5) is 86.5. The van der Waals surface area contributed by atoms with E-state index in [4.69, 9.17) is 10.2 Å². The van der Waals surface area contributed by atoms with Gasteiger partial charge in [-0.05, 0) is 80.4 Å². The highest BCUT2D eigenvalue weighted by molar-refractivity contribution is 6.23. The first kappa shape index (κ1) is 34.6. The normalized spacial score (nSPS) is 15.5. The van der Waals surface area contributed by atoms with Crippen LogP contribution in [-0.4, -0.2) is 84.6 Å². The molecule has 0 bridgehead atoms. The number of hydrogen-bond acceptors (Lipinski definition) is 11. The van der Waals surface area contributed by atoms with Crippen LogP contribution in [0.15, 0.2) is 83.9 Å². The van der Waals surface area contributed by atoms with Crippen molar-refractivity contribution in [3.05, 3.63) is 113 Å². The lowest BCUT2D eigenvalue weighted by molar-refractivity contribution is -0.136. The molecular weight excluding hydrogens is 682 g/mol. The van der Waals surface area contributed by atoms with E-state index in [2.05, 4.69) is 30.6 Å². The number of oxazole rings is 1. The maximum atomic E-state index is 13.2. The fourth-order valence-corrected chi connectivity index (χ4v) is 6.34. The van der Waals surface area contributed by atoms with Gasteiger partial charge in [-0.2, -0.15) is 5.10 Å². The fraction of sp³-hybridized carbons (Fsp3) is 0.216. The largest absolute Gasteiger partial charge is 0.444 e. The number of rotatable bonds is 12. The predicted octanol–water partition coefficient (Wildman–Crippen LogP) is 2.74. The van der Waals surface area contributed by atoms with E-state index in [9.17, 15) is 28.8 Å². The number of anilines is 1. The topological polar surface area (TPSA) is 216 Å². The number of nitrogens with zero attached hydrogens (tertiary/aromatic N) is 6. The zero-order valence-electron chi connectivity index (χ0n) is 28.4. The van der Waals surface area contributed by atoms with E-state index in [0.29, 0.717) is 24.2 Å². The molecule has 1 atom stereocenters. The molecule has 53 heavy (non-hydrogen) atoms. The molecular formula is C37H33N9O7. The van der Waals surface area contributed by atoms with E-state index in [1.807, 2.05) is 37.4 Å². The van der Waals surface area contributed by atoms with Crippen molar-refractivity contribution in [3.8, 4) is 17.1 Å². The molecule has 5 aromatic rings. The number of carbonyl (C=O) groups excluding carboxylic acids is 6. The van der Waals surface area contributed by atoms with Crippen LogP contribution in [0.5, 0.6) is 0 Å². The molecule has 0 spiro atoms. The Balaban J connectivity index is 0.932. The number of fused-ring (bicyclic) bond motifs is 1. The van der Waals surface area contributed by atoms with Gasteiger partial charge in [0, 0.05) is 30.9 Å². The van der Waals surface area contributed by atoms with Gasteiger partial charge in [0.05, 0.1) is 28.7 Å². The maximum absolute atomic E-state index is 13.2. The first-order valence-corrected chi connectivity index (χ1v) is 16.7. The Morgan fingerprint density at radius 1 is 1.00 bits per heavy atom. The summed E-state index contributed by atoms with van der Waals surface area (Å²) in [6, 6.07) is 15.1. The first-order chi connectivity index (χ1) is 25.5. The number of primary amides is 1. The van der Waals surface area contributed by atoms with Gasteiger partial charge in [-0.3, -0.25) is 44.0 Å². The van der Waals surface area contributed by atoms with Gasteiger partial charge >= 0.3 is 0 Å². The summed E-state index contributed by atoms with van der Waals surface area (Å²) >= 11 is 0. The van der Waals surface area contributed by atoms with Gasteiger partial charge in [0.15, 0.2) is 11.4 Å². The van der Waals surface area contributed by atoms with Gasteiger partial charge in [-0.1, -0.05) is 18.2 Å². The number of amides is 6. The van der Waals surface area contributed by atoms with Gasteiger partial charge in [0.1, 0.15) is 12.3 Å². The van der Waals surface area contributed by atoms with Gasteiger partial charge in [0.25, 0.3) is 23.6 Å². The smallest absolute Gasteiger partial charge is 0.277 e. The Kier molecular flexibility index (Phi) is 9.43. The first-order valence-electron chi connectivity index (χ1n) is 16.7. The maximum Gasteiger partial charge on any atom is 0.277 e. The molecule has 0 radical (unpaired) electrons.